The lowest BCUT2D eigenvalue weighted by Gasteiger charge is -2.21. The molecule has 1 nitrogen and oxygen atoms in total. The molecule has 18 heavy (non-hydrogen) atoms. The van der Waals surface area contributed by atoms with E-state index in [1.807, 2.05) is 0 Å². The van der Waals surface area contributed by atoms with Gasteiger partial charge in [0.25, 0.3) is 5.92 Å². The van der Waals surface area contributed by atoms with Gasteiger partial charge in [-0.25, -0.2) is 8.78 Å². The molecule has 1 aliphatic rings. The van der Waals surface area contributed by atoms with E-state index in [0.717, 1.165) is 19.3 Å². The SMILES string of the molecule is O=C1CCCCCC1CC(F)(F)c1ccccc1. The van der Waals surface area contributed by atoms with Gasteiger partial charge in [0.05, 0.1) is 0 Å². The Morgan fingerprint density at radius 1 is 1.11 bits per heavy atom. The zero-order chi connectivity index (χ0) is 13.0. The van der Waals surface area contributed by atoms with E-state index in [4.69, 9.17) is 0 Å². The maximum Gasteiger partial charge on any atom is 0.273 e. The van der Waals surface area contributed by atoms with Gasteiger partial charge >= 0.3 is 0 Å². The molecular weight excluding hydrogens is 234 g/mol. The van der Waals surface area contributed by atoms with Crippen LogP contribution in [0, 0.1) is 5.92 Å². The van der Waals surface area contributed by atoms with Crippen molar-refractivity contribution in [2.24, 2.45) is 5.92 Å². The lowest BCUT2D eigenvalue weighted by Crippen LogP contribution is -2.23. The summed E-state index contributed by atoms with van der Waals surface area (Å²) in [4.78, 5) is 11.8. The molecule has 0 N–H and O–H groups in total. The lowest BCUT2D eigenvalue weighted by atomic mass is 9.89. The zero-order valence-corrected chi connectivity index (χ0v) is 10.4. The third-order valence-corrected chi connectivity index (χ3v) is 3.63. The maximum atomic E-state index is 14.1. The van der Waals surface area contributed by atoms with Crippen molar-refractivity contribution < 1.29 is 13.6 Å². The highest BCUT2D eigenvalue weighted by Crippen LogP contribution is 2.37. The number of hydrogen-bond acceptors (Lipinski definition) is 1. The highest BCUT2D eigenvalue weighted by atomic mass is 19.3. The molecule has 2 rings (SSSR count). The fourth-order valence-electron chi connectivity index (χ4n) is 2.56. The van der Waals surface area contributed by atoms with Gasteiger partial charge in [0.2, 0.25) is 0 Å². The zero-order valence-electron chi connectivity index (χ0n) is 10.4. The Labute approximate surface area is 106 Å². The van der Waals surface area contributed by atoms with Gasteiger partial charge < -0.3 is 0 Å². The second-order valence-electron chi connectivity index (χ2n) is 5.04. The Hall–Kier alpha value is -1.25. The minimum atomic E-state index is -2.90. The first-order chi connectivity index (χ1) is 8.59. The number of carbonyl (C=O) groups is 1. The second kappa shape index (κ2) is 5.59. The standard InChI is InChI=1S/C15H18F2O/c16-15(17,13-8-4-2-5-9-13)11-12-7-3-1-6-10-14(12)18/h2,4-5,8-9,12H,1,3,6-7,10-11H2. The molecule has 0 aliphatic heterocycles. The molecule has 1 unspecified atom stereocenters. The molecule has 3 heteroatoms. The minimum Gasteiger partial charge on any atom is -0.299 e. The van der Waals surface area contributed by atoms with Crippen LogP contribution in [0.15, 0.2) is 30.3 Å². The summed E-state index contributed by atoms with van der Waals surface area (Å²) in [5.74, 6) is -3.35. The first-order valence-corrected chi connectivity index (χ1v) is 6.56. The van der Waals surface area contributed by atoms with Crippen LogP contribution in [0.25, 0.3) is 0 Å². The topological polar surface area (TPSA) is 17.1 Å². The fraction of sp³-hybridized carbons (Fsp3) is 0.533. The Balaban J connectivity index is 2.09. The predicted octanol–water partition coefficient (Wildman–Crippen LogP) is 4.32. The van der Waals surface area contributed by atoms with Crippen LogP contribution in [0.3, 0.4) is 0 Å². The number of rotatable bonds is 3. The van der Waals surface area contributed by atoms with E-state index in [1.165, 1.54) is 12.1 Å². The van der Waals surface area contributed by atoms with Crippen LogP contribution in [0.2, 0.25) is 0 Å². The summed E-state index contributed by atoms with van der Waals surface area (Å²) >= 11 is 0. The molecule has 0 spiro atoms. The van der Waals surface area contributed by atoms with Gasteiger partial charge in [-0.2, -0.15) is 0 Å². The molecule has 0 radical (unpaired) electrons. The van der Waals surface area contributed by atoms with Crippen molar-refractivity contribution in [3.8, 4) is 0 Å². The van der Waals surface area contributed by atoms with Crippen LogP contribution in [0.1, 0.15) is 44.1 Å². The third kappa shape index (κ3) is 3.15. The average molecular weight is 252 g/mol. The largest absolute Gasteiger partial charge is 0.299 e. The summed E-state index contributed by atoms with van der Waals surface area (Å²) in [6.45, 7) is 0. The van der Waals surface area contributed by atoms with Gasteiger partial charge in [0, 0.05) is 24.3 Å². The second-order valence-corrected chi connectivity index (χ2v) is 5.04. The van der Waals surface area contributed by atoms with Crippen molar-refractivity contribution >= 4 is 5.78 Å². The van der Waals surface area contributed by atoms with Crippen molar-refractivity contribution in [2.75, 3.05) is 0 Å². The number of hydrogen-bond donors (Lipinski definition) is 0. The van der Waals surface area contributed by atoms with Crippen LogP contribution in [0.5, 0.6) is 0 Å². The van der Waals surface area contributed by atoms with E-state index in [1.54, 1.807) is 18.2 Å². The Kier molecular flexibility index (Phi) is 4.10. The van der Waals surface area contributed by atoms with E-state index in [-0.39, 0.29) is 17.8 Å². The molecule has 1 aliphatic carbocycles. The third-order valence-electron chi connectivity index (χ3n) is 3.63. The summed E-state index contributed by atoms with van der Waals surface area (Å²) in [6.07, 6.45) is 3.47. The van der Waals surface area contributed by atoms with E-state index in [9.17, 15) is 13.6 Å². The molecule has 1 atom stereocenters. The fourth-order valence-corrected chi connectivity index (χ4v) is 2.56. The molecule has 0 heterocycles. The number of carbonyl (C=O) groups excluding carboxylic acids is 1. The van der Waals surface area contributed by atoms with Gasteiger partial charge in [-0.3, -0.25) is 4.79 Å². The van der Waals surface area contributed by atoms with Crippen molar-refractivity contribution in [1.29, 1.82) is 0 Å². The average Bonchev–Trinajstić information content (AvgIpc) is 2.56. The molecule has 1 aromatic carbocycles. The van der Waals surface area contributed by atoms with Crippen LogP contribution >= 0.6 is 0 Å². The number of benzene rings is 1. The van der Waals surface area contributed by atoms with E-state index < -0.39 is 11.8 Å². The van der Waals surface area contributed by atoms with E-state index >= 15 is 0 Å². The van der Waals surface area contributed by atoms with Crippen molar-refractivity contribution in [1.82, 2.24) is 0 Å². The summed E-state index contributed by atoms with van der Waals surface area (Å²) < 4.78 is 28.2. The smallest absolute Gasteiger partial charge is 0.273 e. The van der Waals surface area contributed by atoms with Gasteiger partial charge in [0.1, 0.15) is 5.78 Å². The highest BCUT2D eigenvalue weighted by molar-refractivity contribution is 5.81. The molecule has 0 amide bonds. The number of Topliss-reactive ketones (excluding diaryl/α,β-unsaturated/α-hetero) is 1. The Morgan fingerprint density at radius 2 is 1.83 bits per heavy atom. The van der Waals surface area contributed by atoms with Crippen molar-refractivity contribution in [3.63, 3.8) is 0 Å². The van der Waals surface area contributed by atoms with Gasteiger partial charge in [-0.15, -0.1) is 0 Å². The number of ketones is 1. The quantitative estimate of drug-likeness (QED) is 0.732. The van der Waals surface area contributed by atoms with Crippen LogP contribution in [-0.4, -0.2) is 5.78 Å². The monoisotopic (exact) mass is 252 g/mol. The summed E-state index contributed by atoms with van der Waals surface area (Å²) in [5, 5.41) is 0. The predicted molar refractivity (Wildman–Crippen MR) is 66.5 cm³/mol. The molecule has 98 valence electrons. The van der Waals surface area contributed by atoms with E-state index in [2.05, 4.69) is 0 Å². The maximum absolute atomic E-state index is 14.1. The molecule has 1 fully saturated rings. The molecule has 1 aromatic rings. The van der Waals surface area contributed by atoms with Crippen LogP contribution in [0.4, 0.5) is 8.78 Å². The highest BCUT2D eigenvalue weighted by Gasteiger charge is 2.37. The number of halogens is 2. The normalized spacial score (nSPS) is 21.7. The Bertz CT molecular complexity index is 400. The molecule has 1 saturated carbocycles. The summed E-state index contributed by atoms with van der Waals surface area (Å²) in [7, 11) is 0. The first-order valence-electron chi connectivity index (χ1n) is 6.56. The minimum absolute atomic E-state index is 0.0158. The molecular formula is C15H18F2O. The summed E-state index contributed by atoms with van der Waals surface area (Å²) in [5.41, 5.74) is 0.0158. The van der Waals surface area contributed by atoms with Crippen molar-refractivity contribution in [3.05, 3.63) is 35.9 Å². The van der Waals surface area contributed by atoms with Gasteiger partial charge in [-0.1, -0.05) is 43.2 Å². The number of alkyl halides is 2. The summed E-state index contributed by atoms with van der Waals surface area (Å²) in [6, 6.07) is 7.80. The molecule has 0 aromatic heterocycles. The van der Waals surface area contributed by atoms with Crippen LogP contribution in [-0.2, 0) is 10.7 Å². The van der Waals surface area contributed by atoms with E-state index in [0.29, 0.717) is 12.8 Å². The Morgan fingerprint density at radius 3 is 2.56 bits per heavy atom. The molecule has 0 bridgehead atoms. The molecule has 0 saturated heterocycles. The van der Waals surface area contributed by atoms with Gasteiger partial charge in [0.15, 0.2) is 0 Å². The van der Waals surface area contributed by atoms with Crippen molar-refractivity contribution in [2.45, 2.75) is 44.4 Å². The first kappa shape index (κ1) is 13.2. The van der Waals surface area contributed by atoms with Gasteiger partial charge in [-0.05, 0) is 12.8 Å². The lowest BCUT2D eigenvalue weighted by molar-refractivity contribution is -0.126. The van der Waals surface area contributed by atoms with Crippen LogP contribution < -0.4 is 0 Å².